The van der Waals surface area contributed by atoms with Crippen LogP contribution in [0.3, 0.4) is 0 Å². The fourth-order valence-electron chi connectivity index (χ4n) is 3.68. The van der Waals surface area contributed by atoms with E-state index in [2.05, 4.69) is 97.9 Å². The molecule has 0 aromatic heterocycles. The lowest BCUT2D eigenvalue weighted by Gasteiger charge is -2.38. The Balaban J connectivity index is 2.33. The molecule has 24 heavy (non-hydrogen) atoms. The Hall–Kier alpha value is -2.16. The van der Waals surface area contributed by atoms with E-state index in [0.29, 0.717) is 0 Å². The standard InChI is InChI=1S/C22H24NSi/c1-2-12-22(23)24(19-13-6-3-7-14-19,20-15-8-4-9-16-20)21-17-10-5-11-18-21/h3-11,13-18,22H,1-2,12,23H2. The molecule has 2 heteroatoms. The smallest absolute Gasteiger partial charge is 0.164 e. The van der Waals surface area contributed by atoms with Gasteiger partial charge in [0.1, 0.15) is 0 Å². The number of hydrogen-bond donors (Lipinski definition) is 1. The van der Waals surface area contributed by atoms with Crippen LogP contribution in [-0.4, -0.2) is 13.7 Å². The zero-order chi connectivity index (χ0) is 16.8. The van der Waals surface area contributed by atoms with E-state index in [1.807, 2.05) is 0 Å². The van der Waals surface area contributed by atoms with E-state index in [9.17, 15) is 0 Å². The average molecular weight is 331 g/mol. The SMILES string of the molecule is [CH2]CCC(N)[Si](c1ccccc1)(c1ccccc1)c1ccccc1. The summed E-state index contributed by atoms with van der Waals surface area (Å²) in [4.78, 5) is 0. The van der Waals surface area contributed by atoms with Gasteiger partial charge in [-0.25, -0.2) is 0 Å². The molecular formula is C22H24NSi. The zero-order valence-corrected chi connectivity index (χ0v) is 14.9. The summed E-state index contributed by atoms with van der Waals surface area (Å²) in [7, 11) is -2.31. The highest BCUT2D eigenvalue weighted by Crippen LogP contribution is 2.14. The molecule has 0 spiro atoms. The van der Waals surface area contributed by atoms with Gasteiger partial charge in [0.25, 0.3) is 0 Å². The van der Waals surface area contributed by atoms with Crippen molar-refractivity contribution in [2.45, 2.75) is 18.5 Å². The van der Waals surface area contributed by atoms with Gasteiger partial charge in [-0.3, -0.25) is 0 Å². The van der Waals surface area contributed by atoms with Crippen LogP contribution >= 0.6 is 0 Å². The second kappa shape index (κ2) is 7.60. The predicted octanol–water partition coefficient (Wildman–Crippen LogP) is 2.64. The zero-order valence-electron chi connectivity index (χ0n) is 13.9. The van der Waals surface area contributed by atoms with Crippen LogP contribution in [0.15, 0.2) is 91.0 Å². The van der Waals surface area contributed by atoms with Crippen LogP contribution < -0.4 is 21.3 Å². The minimum atomic E-state index is -2.31. The summed E-state index contributed by atoms with van der Waals surface area (Å²) in [6.45, 7) is 4.06. The summed E-state index contributed by atoms with van der Waals surface area (Å²) in [6, 6.07) is 32.4. The molecule has 1 nitrogen and oxygen atoms in total. The lowest BCUT2D eigenvalue weighted by atomic mass is 10.3. The molecule has 0 aliphatic rings. The van der Waals surface area contributed by atoms with E-state index in [4.69, 9.17) is 5.73 Å². The molecule has 0 heterocycles. The highest BCUT2D eigenvalue weighted by molar-refractivity contribution is 7.12. The van der Waals surface area contributed by atoms with Gasteiger partial charge in [-0.2, -0.15) is 0 Å². The molecule has 0 fully saturated rings. The number of nitrogens with two attached hydrogens (primary N) is 1. The third kappa shape index (κ3) is 2.95. The van der Waals surface area contributed by atoms with E-state index in [0.717, 1.165) is 12.8 Å². The number of hydrogen-bond acceptors (Lipinski definition) is 1. The predicted molar refractivity (Wildman–Crippen MR) is 107 cm³/mol. The van der Waals surface area contributed by atoms with Crippen LogP contribution in [0, 0.1) is 6.92 Å². The van der Waals surface area contributed by atoms with Gasteiger partial charge in [0.15, 0.2) is 8.07 Å². The summed E-state index contributed by atoms with van der Waals surface area (Å²) in [5.74, 6) is 0. The second-order valence-electron chi connectivity index (χ2n) is 6.15. The minimum absolute atomic E-state index is 0.0854. The molecule has 121 valence electrons. The third-order valence-corrected chi connectivity index (χ3v) is 9.89. The van der Waals surface area contributed by atoms with Crippen molar-refractivity contribution in [3.63, 3.8) is 0 Å². The van der Waals surface area contributed by atoms with Crippen LogP contribution in [-0.2, 0) is 0 Å². The molecule has 0 bridgehead atoms. The lowest BCUT2D eigenvalue weighted by molar-refractivity contribution is 0.775. The maximum Gasteiger partial charge on any atom is 0.164 e. The quantitative estimate of drug-likeness (QED) is 0.546. The fourth-order valence-corrected chi connectivity index (χ4v) is 8.76. The van der Waals surface area contributed by atoms with Gasteiger partial charge in [-0.15, -0.1) is 0 Å². The van der Waals surface area contributed by atoms with Crippen LogP contribution in [0.2, 0.25) is 0 Å². The van der Waals surface area contributed by atoms with Crippen molar-refractivity contribution in [1.82, 2.24) is 0 Å². The molecule has 1 radical (unpaired) electrons. The topological polar surface area (TPSA) is 26.0 Å². The van der Waals surface area contributed by atoms with E-state index in [-0.39, 0.29) is 5.67 Å². The van der Waals surface area contributed by atoms with Crippen LogP contribution in [0.25, 0.3) is 0 Å². The molecule has 1 atom stereocenters. The Bertz CT molecular complexity index is 644. The molecule has 1 unspecified atom stereocenters. The molecule has 0 amide bonds. The average Bonchev–Trinajstić information content (AvgIpc) is 2.65. The van der Waals surface area contributed by atoms with E-state index in [1.165, 1.54) is 15.6 Å². The Labute approximate surface area is 146 Å². The first-order valence-electron chi connectivity index (χ1n) is 8.51. The Morgan fingerprint density at radius 2 is 1.00 bits per heavy atom. The van der Waals surface area contributed by atoms with Gasteiger partial charge < -0.3 is 5.73 Å². The summed E-state index contributed by atoms with van der Waals surface area (Å²) in [6.07, 6.45) is 1.77. The van der Waals surface area contributed by atoms with Gasteiger partial charge in [0.2, 0.25) is 0 Å². The van der Waals surface area contributed by atoms with Crippen molar-refractivity contribution in [3.05, 3.63) is 97.9 Å². The normalized spacial score (nSPS) is 12.8. The summed E-state index contributed by atoms with van der Waals surface area (Å²) in [5.41, 5.74) is 6.97. The van der Waals surface area contributed by atoms with E-state index < -0.39 is 8.07 Å². The number of rotatable bonds is 6. The van der Waals surface area contributed by atoms with Gasteiger partial charge in [0.05, 0.1) is 0 Å². The first kappa shape index (κ1) is 16.7. The lowest BCUT2D eigenvalue weighted by Crippen LogP contribution is -2.76. The molecule has 0 saturated carbocycles. The monoisotopic (exact) mass is 330 g/mol. The van der Waals surface area contributed by atoms with Crippen molar-refractivity contribution in [3.8, 4) is 0 Å². The Morgan fingerprint density at radius 1 is 0.667 bits per heavy atom. The summed E-state index contributed by atoms with van der Waals surface area (Å²) < 4.78 is 0. The van der Waals surface area contributed by atoms with Gasteiger partial charge in [-0.05, 0) is 22.0 Å². The van der Waals surface area contributed by atoms with Gasteiger partial charge in [-0.1, -0.05) is 104 Å². The largest absolute Gasteiger partial charge is 0.329 e. The summed E-state index contributed by atoms with van der Waals surface area (Å²) >= 11 is 0. The van der Waals surface area contributed by atoms with Crippen LogP contribution in [0.1, 0.15) is 12.8 Å². The first-order valence-corrected chi connectivity index (χ1v) is 10.6. The molecule has 3 rings (SSSR count). The Morgan fingerprint density at radius 3 is 1.29 bits per heavy atom. The molecule has 0 saturated heterocycles. The fraction of sp³-hybridized carbons (Fsp3) is 0.136. The minimum Gasteiger partial charge on any atom is -0.329 e. The van der Waals surface area contributed by atoms with Gasteiger partial charge >= 0.3 is 0 Å². The molecule has 2 N–H and O–H groups in total. The molecule has 3 aromatic rings. The Kier molecular flexibility index (Phi) is 5.29. The molecular weight excluding hydrogens is 306 g/mol. The van der Waals surface area contributed by atoms with E-state index >= 15 is 0 Å². The van der Waals surface area contributed by atoms with Crippen LogP contribution in [0.4, 0.5) is 0 Å². The van der Waals surface area contributed by atoms with Gasteiger partial charge in [0, 0.05) is 5.67 Å². The van der Waals surface area contributed by atoms with Crippen LogP contribution in [0.5, 0.6) is 0 Å². The molecule has 0 aliphatic carbocycles. The highest BCUT2D eigenvalue weighted by Gasteiger charge is 2.44. The van der Waals surface area contributed by atoms with Crippen molar-refractivity contribution < 1.29 is 0 Å². The van der Waals surface area contributed by atoms with Crippen molar-refractivity contribution in [1.29, 1.82) is 0 Å². The van der Waals surface area contributed by atoms with Crippen molar-refractivity contribution >= 4 is 23.6 Å². The highest BCUT2D eigenvalue weighted by atomic mass is 28.3. The first-order chi connectivity index (χ1) is 11.8. The maximum atomic E-state index is 6.88. The van der Waals surface area contributed by atoms with E-state index in [1.54, 1.807) is 0 Å². The van der Waals surface area contributed by atoms with Crippen molar-refractivity contribution in [2.24, 2.45) is 5.73 Å². The van der Waals surface area contributed by atoms with Crippen molar-refractivity contribution in [2.75, 3.05) is 0 Å². The third-order valence-electron chi connectivity index (χ3n) is 4.76. The maximum absolute atomic E-state index is 6.88. The summed E-state index contributed by atoms with van der Waals surface area (Å²) in [5, 5.41) is 4.09. The molecule has 3 aromatic carbocycles. The molecule has 0 aliphatic heterocycles. The second-order valence-corrected chi connectivity index (χ2v) is 10.2. The number of benzene rings is 3.